The number of hydrogen-bond acceptors (Lipinski definition) is 5. The molecule has 8 heteroatoms. The van der Waals surface area contributed by atoms with Crippen LogP contribution in [0, 0.1) is 5.92 Å². The summed E-state index contributed by atoms with van der Waals surface area (Å²) in [5.74, 6) is 0.705. The number of nitrogens with one attached hydrogen (secondary N) is 1. The van der Waals surface area contributed by atoms with Gasteiger partial charge in [0.2, 0.25) is 0 Å². The van der Waals surface area contributed by atoms with Crippen molar-refractivity contribution in [2.75, 3.05) is 6.61 Å². The molecule has 2 heterocycles. The molecule has 0 aliphatic carbocycles. The van der Waals surface area contributed by atoms with Crippen LogP contribution in [0.1, 0.15) is 36.1 Å². The fourth-order valence-corrected chi connectivity index (χ4v) is 2.83. The van der Waals surface area contributed by atoms with Gasteiger partial charge in [-0.3, -0.25) is 9.48 Å². The van der Waals surface area contributed by atoms with Crippen molar-refractivity contribution in [1.82, 2.24) is 29.6 Å². The second-order valence-corrected chi connectivity index (χ2v) is 6.30. The number of carbonyl (C=O) groups excluding carboxylic acids is 1. The third-order valence-electron chi connectivity index (χ3n) is 4.20. The van der Waals surface area contributed by atoms with Crippen LogP contribution in [0.3, 0.4) is 0 Å². The Labute approximate surface area is 145 Å². The van der Waals surface area contributed by atoms with Crippen molar-refractivity contribution >= 4 is 16.9 Å². The highest BCUT2D eigenvalue weighted by Gasteiger charge is 2.23. The number of nitrogens with zero attached hydrogens (tertiary/aromatic N) is 5. The average Bonchev–Trinajstić information content (AvgIpc) is 3.18. The third-order valence-corrected chi connectivity index (χ3v) is 4.20. The van der Waals surface area contributed by atoms with Crippen molar-refractivity contribution in [3.8, 4) is 0 Å². The number of aromatic nitrogens is 5. The molecular formula is C17H22N6O2. The number of fused-ring (bicyclic) bond motifs is 1. The number of rotatable bonds is 6. The fraction of sp³-hybridized carbons (Fsp3) is 0.412. The number of hydrogen-bond donors (Lipinski definition) is 2. The molecule has 3 aromatic rings. The van der Waals surface area contributed by atoms with E-state index in [-0.39, 0.29) is 24.5 Å². The SMILES string of the molecule is CC(C)[C@@H](NC(=O)c1ccc2c(c1)ncn2CCO)c1ncnn1C. The maximum Gasteiger partial charge on any atom is 0.251 e. The number of aliphatic hydroxyl groups is 1. The van der Waals surface area contributed by atoms with Crippen molar-refractivity contribution in [1.29, 1.82) is 0 Å². The number of imidazole rings is 1. The first-order valence-corrected chi connectivity index (χ1v) is 8.21. The summed E-state index contributed by atoms with van der Waals surface area (Å²) in [6.45, 7) is 4.57. The van der Waals surface area contributed by atoms with Gasteiger partial charge in [-0.15, -0.1) is 0 Å². The molecule has 2 N–H and O–H groups in total. The van der Waals surface area contributed by atoms with Gasteiger partial charge in [0.25, 0.3) is 5.91 Å². The average molecular weight is 342 g/mol. The molecule has 1 atom stereocenters. The van der Waals surface area contributed by atoms with E-state index in [0.717, 1.165) is 16.9 Å². The maximum atomic E-state index is 12.7. The lowest BCUT2D eigenvalue weighted by molar-refractivity contribution is 0.0922. The molecule has 2 aromatic heterocycles. The van der Waals surface area contributed by atoms with E-state index >= 15 is 0 Å². The Balaban J connectivity index is 1.84. The van der Waals surface area contributed by atoms with Gasteiger partial charge in [0.15, 0.2) is 0 Å². The van der Waals surface area contributed by atoms with E-state index in [1.54, 1.807) is 23.1 Å². The Morgan fingerprint density at radius 3 is 2.76 bits per heavy atom. The molecule has 0 fully saturated rings. The first-order chi connectivity index (χ1) is 12.0. The number of aliphatic hydroxyl groups excluding tert-OH is 1. The summed E-state index contributed by atoms with van der Waals surface area (Å²) in [5, 5.41) is 16.2. The van der Waals surface area contributed by atoms with E-state index in [2.05, 4.69) is 20.4 Å². The van der Waals surface area contributed by atoms with E-state index in [1.165, 1.54) is 6.33 Å². The summed E-state index contributed by atoms with van der Waals surface area (Å²) in [6.07, 6.45) is 3.15. The zero-order valence-corrected chi connectivity index (χ0v) is 14.5. The molecule has 132 valence electrons. The van der Waals surface area contributed by atoms with Gasteiger partial charge in [-0.25, -0.2) is 9.97 Å². The molecule has 0 saturated carbocycles. The minimum atomic E-state index is -0.234. The van der Waals surface area contributed by atoms with E-state index in [4.69, 9.17) is 5.11 Å². The van der Waals surface area contributed by atoms with Crippen LogP contribution in [0.25, 0.3) is 11.0 Å². The first kappa shape index (κ1) is 17.1. The number of amides is 1. The second-order valence-electron chi connectivity index (χ2n) is 6.30. The van der Waals surface area contributed by atoms with Gasteiger partial charge in [0.1, 0.15) is 12.2 Å². The minimum absolute atomic E-state index is 0.0431. The van der Waals surface area contributed by atoms with Crippen molar-refractivity contribution in [3.63, 3.8) is 0 Å². The maximum absolute atomic E-state index is 12.7. The minimum Gasteiger partial charge on any atom is -0.395 e. The van der Waals surface area contributed by atoms with E-state index in [9.17, 15) is 4.79 Å². The van der Waals surface area contributed by atoms with Crippen LogP contribution in [0.4, 0.5) is 0 Å². The molecule has 0 aliphatic heterocycles. The number of benzene rings is 1. The third kappa shape index (κ3) is 3.39. The Morgan fingerprint density at radius 1 is 1.32 bits per heavy atom. The van der Waals surface area contributed by atoms with E-state index < -0.39 is 0 Å². The molecular weight excluding hydrogens is 320 g/mol. The van der Waals surface area contributed by atoms with Crippen LogP contribution in [0.5, 0.6) is 0 Å². The quantitative estimate of drug-likeness (QED) is 0.703. The van der Waals surface area contributed by atoms with Crippen LogP contribution in [0.2, 0.25) is 0 Å². The topological polar surface area (TPSA) is 97.9 Å². The molecule has 0 spiro atoms. The Hall–Kier alpha value is -2.74. The van der Waals surface area contributed by atoms with Crippen LogP contribution >= 0.6 is 0 Å². The zero-order chi connectivity index (χ0) is 18.0. The first-order valence-electron chi connectivity index (χ1n) is 8.21. The largest absolute Gasteiger partial charge is 0.395 e. The summed E-state index contributed by atoms with van der Waals surface area (Å²) >= 11 is 0. The molecule has 0 saturated heterocycles. The van der Waals surface area contributed by atoms with Gasteiger partial charge in [0, 0.05) is 19.2 Å². The van der Waals surface area contributed by atoms with Gasteiger partial charge < -0.3 is 15.0 Å². The molecule has 25 heavy (non-hydrogen) atoms. The summed E-state index contributed by atoms with van der Waals surface area (Å²) in [4.78, 5) is 21.3. The summed E-state index contributed by atoms with van der Waals surface area (Å²) in [6, 6.07) is 5.13. The lowest BCUT2D eigenvalue weighted by atomic mass is 10.0. The number of aryl methyl sites for hydroxylation is 1. The smallest absolute Gasteiger partial charge is 0.251 e. The highest BCUT2D eigenvalue weighted by atomic mass is 16.3. The van der Waals surface area contributed by atoms with Gasteiger partial charge in [0.05, 0.1) is 30.0 Å². The monoisotopic (exact) mass is 342 g/mol. The summed E-state index contributed by atoms with van der Waals surface area (Å²) in [7, 11) is 1.81. The van der Waals surface area contributed by atoms with Crippen LogP contribution in [-0.4, -0.2) is 41.9 Å². The highest BCUT2D eigenvalue weighted by Crippen LogP contribution is 2.21. The number of carbonyl (C=O) groups is 1. The molecule has 0 unspecified atom stereocenters. The standard InChI is InChI=1S/C17H22N6O2/c1-11(2)15(16-18-9-20-22(16)3)21-17(25)12-4-5-14-13(8-12)19-10-23(14)6-7-24/h4-5,8-11,15,24H,6-7H2,1-3H3,(H,21,25)/t15-/m1/s1. The zero-order valence-electron chi connectivity index (χ0n) is 14.5. The Kier molecular flexibility index (Phi) is 4.80. The lowest BCUT2D eigenvalue weighted by Gasteiger charge is -2.21. The van der Waals surface area contributed by atoms with Gasteiger partial charge in [-0.05, 0) is 24.1 Å². The van der Waals surface area contributed by atoms with Gasteiger partial charge in [-0.2, -0.15) is 5.10 Å². The van der Waals surface area contributed by atoms with Crippen LogP contribution < -0.4 is 5.32 Å². The van der Waals surface area contributed by atoms with Crippen molar-refractivity contribution < 1.29 is 9.90 Å². The second kappa shape index (κ2) is 7.02. The Morgan fingerprint density at radius 2 is 2.12 bits per heavy atom. The fourth-order valence-electron chi connectivity index (χ4n) is 2.83. The molecule has 1 aromatic carbocycles. The van der Waals surface area contributed by atoms with Gasteiger partial charge >= 0.3 is 0 Å². The molecule has 3 rings (SSSR count). The Bertz CT molecular complexity index is 882. The predicted octanol–water partition coefficient (Wildman–Crippen LogP) is 1.28. The molecule has 0 bridgehead atoms. The molecule has 0 radical (unpaired) electrons. The van der Waals surface area contributed by atoms with Crippen LogP contribution in [0.15, 0.2) is 30.9 Å². The summed E-state index contributed by atoms with van der Waals surface area (Å²) < 4.78 is 3.53. The van der Waals surface area contributed by atoms with E-state index in [0.29, 0.717) is 12.1 Å². The lowest BCUT2D eigenvalue weighted by Crippen LogP contribution is -2.33. The van der Waals surface area contributed by atoms with Crippen molar-refractivity contribution in [2.24, 2.45) is 13.0 Å². The van der Waals surface area contributed by atoms with Crippen molar-refractivity contribution in [2.45, 2.75) is 26.4 Å². The molecule has 8 nitrogen and oxygen atoms in total. The molecule has 0 aliphatic rings. The normalized spacial score (nSPS) is 12.7. The van der Waals surface area contributed by atoms with Crippen LogP contribution in [-0.2, 0) is 13.6 Å². The van der Waals surface area contributed by atoms with Crippen molar-refractivity contribution in [3.05, 3.63) is 42.2 Å². The molecule has 1 amide bonds. The predicted molar refractivity (Wildman–Crippen MR) is 92.9 cm³/mol. The van der Waals surface area contributed by atoms with E-state index in [1.807, 2.05) is 31.5 Å². The highest BCUT2D eigenvalue weighted by molar-refractivity contribution is 5.97. The summed E-state index contributed by atoms with van der Waals surface area (Å²) in [5.41, 5.74) is 2.15. The van der Waals surface area contributed by atoms with Gasteiger partial charge in [-0.1, -0.05) is 13.8 Å².